The fourth-order valence-electron chi connectivity index (χ4n) is 1.58. The van der Waals surface area contributed by atoms with E-state index < -0.39 is 4.92 Å². The van der Waals surface area contributed by atoms with Gasteiger partial charge in [0.2, 0.25) is 0 Å². The number of hydrogen-bond donors (Lipinski definition) is 2. The molecule has 6 heteroatoms. The van der Waals surface area contributed by atoms with Crippen LogP contribution < -0.4 is 5.32 Å². The first-order valence-corrected chi connectivity index (χ1v) is 5.33. The minimum absolute atomic E-state index is 0.138. The third kappa shape index (κ3) is 2.60. The number of rotatable bonds is 4. The van der Waals surface area contributed by atoms with E-state index in [-0.39, 0.29) is 11.4 Å². The number of aryl methyl sites for hydroxylation is 1. The Morgan fingerprint density at radius 2 is 2.17 bits per heavy atom. The van der Waals surface area contributed by atoms with Gasteiger partial charge in [0.1, 0.15) is 23.0 Å². The van der Waals surface area contributed by atoms with Gasteiger partial charge < -0.3 is 14.8 Å². The Balaban J connectivity index is 2.16. The zero-order valence-electron chi connectivity index (χ0n) is 9.71. The topological polar surface area (TPSA) is 88.5 Å². The van der Waals surface area contributed by atoms with Gasteiger partial charge >= 0.3 is 0 Å². The van der Waals surface area contributed by atoms with Crippen molar-refractivity contribution in [1.82, 2.24) is 0 Å². The number of hydrogen-bond acceptors (Lipinski definition) is 5. The van der Waals surface area contributed by atoms with Crippen LogP contribution in [0, 0.1) is 17.0 Å². The lowest BCUT2D eigenvalue weighted by atomic mass is 10.2. The second kappa shape index (κ2) is 4.79. The molecule has 2 aromatic rings. The van der Waals surface area contributed by atoms with Crippen molar-refractivity contribution in [3.63, 3.8) is 0 Å². The summed E-state index contributed by atoms with van der Waals surface area (Å²) in [6.45, 7) is 2.17. The van der Waals surface area contributed by atoms with E-state index >= 15 is 0 Å². The van der Waals surface area contributed by atoms with Gasteiger partial charge in [0.25, 0.3) is 5.69 Å². The monoisotopic (exact) mass is 248 g/mol. The Hall–Kier alpha value is -2.50. The van der Waals surface area contributed by atoms with Gasteiger partial charge in [-0.2, -0.15) is 0 Å². The van der Waals surface area contributed by atoms with Crippen LogP contribution in [-0.2, 0) is 6.54 Å². The normalized spacial score (nSPS) is 10.3. The predicted octanol–water partition coefficient (Wildman–Crippen LogP) is 2.81. The standard InChI is InChI=1S/C12H12N2O4/c1-8-2-4-10(18-8)7-13-11-5-3-9(15)6-12(11)14(16)17/h2-6,13,15H,7H2,1H3. The molecule has 0 spiro atoms. The highest BCUT2D eigenvalue weighted by atomic mass is 16.6. The number of nitrogens with one attached hydrogen (secondary N) is 1. The molecule has 0 unspecified atom stereocenters. The summed E-state index contributed by atoms with van der Waals surface area (Å²) >= 11 is 0. The molecule has 18 heavy (non-hydrogen) atoms. The molecule has 0 saturated heterocycles. The van der Waals surface area contributed by atoms with Gasteiger partial charge in [0, 0.05) is 0 Å². The quantitative estimate of drug-likeness (QED) is 0.493. The maximum absolute atomic E-state index is 10.8. The van der Waals surface area contributed by atoms with E-state index in [1.165, 1.54) is 12.1 Å². The van der Waals surface area contributed by atoms with Crippen molar-refractivity contribution in [2.45, 2.75) is 13.5 Å². The highest BCUT2D eigenvalue weighted by Crippen LogP contribution is 2.28. The van der Waals surface area contributed by atoms with Crippen LogP contribution in [0.25, 0.3) is 0 Å². The summed E-state index contributed by atoms with van der Waals surface area (Å²) in [6, 6.07) is 7.58. The number of phenols is 1. The molecule has 0 atom stereocenters. The van der Waals surface area contributed by atoms with Crippen molar-refractivity contribution in [2.75, 3.05) is 5.32 Å². The van der Waals surface area contributed by atoms with Crippen molar-refractivity contribution in [1.29, 1.82) is 0 Å². The van der Waals surface area contributed by atoms with Crippen LogP contribution in [0.2, 0.25) is 0 Å². The molecule has 1 heterocycles. The molecule has 0 radical (unpaired) electrons. The van der Waals surface area contributed by atoms with E-state index in [1.54, 1.807) is 6.07 Å². The van der Waals surface area contributed by atoms with Crippen molar-refractivity contribution in [3.05, 3.63) is 52.0 Å². The van der Waals surface area contributed by atoms with Gasteiger partial charge in [-0.15, -0.1) is 0 Å². The molecule has 1 aromatic heterocycles. The smallest absolute Gasteiger partial charge is 0.296 e. The van der Waals surface area contributed by atoms with E-state index in [0.29, 0.717) is 18.0 Å². The fourth-order valence-corrected chi connectivity index (χ4v) is 1.58. The molecule has 1 aromatic carbocycles. The van der Waals surface area contributed by atoms with E-state index in [1.807, 2.05) is 13.0 Å². The highest BCUT2D eigenvalue weighted by molar-refractivity contribution is 5.63. The second-order valence-corrected chi connectivity index (χ2v) is 3.82. The SMILES string of the molecule is Cc1ccc(CNc2ccc(O)cc2[N+](=O)[O-])o1. The molecule has 0 saturated carbocycles. The largest absolute Gasteiger partial charge is 0.508 e. The molecule has 94 valence electrons. The van der Waals surface area contributed by atoms with Crippen molar-refractivity contribution in [2.24, 2.45) is 0 Å². The highest BCUT2D eigenvalue weighted by Gasteiger charge is 2.14. The summed E-state index contributed by atoms with van der Waals surface area (Å²) in [5.74, 6) is 1.34. The lowest BCUT2D eigenvalue weighted by Crippen LogP contribution is -2.01. The van der Waals surface area contributed by atoms with Crippen LogP contribution in [0.5, 0.6) is 5.75 Å². The van der Waals surface area contributed by atoms with Gasteiger partial charge in [-0.3, -0.25) is 10.1 Å². The van der Waals surface area contributed by atoms with Crippen LogP contribution in [-0.4, -0.2) is 10.0 Å². The van der Waals surface area contributed by atoms with Gasteiger partial charge in [0.15, 0.2) is 0 Å². The molecule has 0 aliphatic rings. The number of nitrogens with zero attached hydrogens (tertiary/aromatic N) is 1. The molecule has 0 bridgehead atoms. The Bertz CT molecular complexity index is 577. The number of benzene rings is 1. The molecule has 2 rings (SSSR count). The zero-order chi connectivity index (χ0) is 13.1. The summed E-state index contributed by atoms with van der Waals surface area (Å²) in [5, 5.41) is 22.9. The molecule has 2 N–H and O–H groups in total. The molecule has 6 nitrogen and oxygen atoms in total. The molecule has 0 amide bonds. The van der Waals surface area contributed by atoms with E-state index in [4.69, 9.17) is 4.42 Å². The third-order valence-corrected chi connectivity index (χ3v) is 2.43. The first-order valence-electron chi connectivity index (χ1n) is 5.33. The maximum atomic E-state index is 10.8. The summed E-state index contributed by atoms with van der Waals surface area (Å²) < 4.78 is 5.35. The van der Waals surface area contributed by atoms with Crippen molar-refractivity contribution in [3.8, 4) is 5.75 Å². The lowest BCUT2D eigenvalue weighted by molar-refractivity contribution is -0.384. The van der Waals surface area contributed by atoms with E-state index in [2.05, 4.69) is 5.32 Å². The van der Waals surface area contributed by atoms with Crippen LogP contribution in [0.3, 0.4) is 0 Å². The predicted molar refractivity (Wildman–Crippen MR) is 65.5 cm³/mol. The zero-order valence-corrected chi connectivity index (χ0v) is 9.71. The Labute approximate surface area is 103 Å². The number of aromatic hydroxyl groups is 1. The molecular formula is C12H12N2O4. The van der Waals surface area contributed by atoms with E-state index in [9.17, 15) is 15.2 Å². The molecular weight excluding hydrogens is 236 g/mol. The van der Waals surface area contributed by atoms with Crippen LogP contribution in [0.1, 0.15) is 11.5 Å². The third-order valence-electron chi connectivity index (χ3n) is 2.43. The Morgan fingerprint density at radius 3 is 2.78 bits per heavy atom. The lowest BCUT2D eigenvalue weighted by Gasteiger charge is -2.05. The summed E-state index contributed by atoms with van der Waals surface area (Å²) in [7, 11) is 0. The molecule has 0 aliphatic heterocycles. The summed E-state index contributed by atoms with van der Waals surface area (Å²) in [6.07, 6.45) is 0. The van der Waals surface area contributed by atoms with Crippen molar-refractivity contribution >= 4 is 11.4 Å². The first-order chi connectivity index (χ1) is 8.56. The van der Waals surface area contributed by atoms with Crippen molar-refractivity contribution < 1.29 is 14.4 Å². The number of furan rings is 1. The first kappa shape index (κ1) is 12.0. The van der Waals surface area contributed by atoms with Gasteiger partial charge in [0.05, 0.1) is 17.5 Å². The average molecular weight is 248 g/mol. The Kier molecular flexibility index (Phi) is 3.18. The minimum Gasteiger partial charge on any atom is -0.508 e. The molecule has 0 aliphatic carbocycles. The minimum atomic E-state index is -0.546. The number of anilines is 1. The summed E-state index contributed by atoms with van der Waals surface area (Å²) in [4.78, 5) is 10.3. The fraction of sp³-hybridized carbons (Fsp3) is 0.167. The van der Waals surface area contributed by atoms with Crippen LogP contribution in [0.4, 0.5) is 11.4 Å². The van der Waals surface area contributed by atoms with Gasteiger partial charge in [-0.05, 0) is 31.2 Å². The van der Waals surface area contributed by atoms with E-state index in [0.717, 1.165) is 11.8 Å². The van der Waals surface area contributed by atoms with Gasteiger partial charge in [-0.25, -0.2) is 0 Å². The number of nitro benzene ring substituents is 1. The van der Waals surface area contributed by atoms with Gasteiger partial charge in [-0.1, -0.05) is 0 Å². The van der Waals surface area contributed by atoms with Crippen LogP contribution >= 0.6 is 0 Å². The number of nitro groups is 1. The van der Waals surface area contributed by atoms with Crippen LogP contribution in [0.15, 0.2) is 34.7 Å². The summed E-state index contributed by atoms with van der Waals surface area (Å²) in [5.41, 5.74) is 0.171. The second-order valence-electron chi connectivity index (χ2n) is 3.82. The number of phenolic OH excluding ortho intramolecular Hbond substituents is 1. The Morgan fingerprint density at radius 1 is 1.39 bits per heavy atom. The average Bonchev–Trinajstić information content (AvgIpc) is 2.73. The maximum Gasteiger partial charge on any atom is 0.296 e. The molecule has 0 fully saturated rings.